The minimum Gasteiger partial charge on any atom is -0.394 e. The third-order valence-corrected chi connectivity index (χ3v) is 6.20. The number of aromatic nitrogens is 3. The summed E-state index contributed by atoms with van der Waals surface area (Å²) in [7, 11) is 1.55. The Morgan fingerprint density at radius 3 is 2.39 bits per heavy atom. The normalized spacial score (nSPS) is 18.7. The summed E-state index contributed by atoms with van der Waals surface area (Å²) in [5.74, 6) is -4.19. The molecular weight excluding hydrogens is 554 g/mol. The zero-order valence-corrected chi connectivity index (χ0v) is 22.1. The fourth-order valence-electron chi connectivity index (χ4n) is 3.29. The first-order valence-electron chi connectivity index (χ1n) is 11.3. The molecule has 0 aliphatic carbocycles. The minimum atomic E-state index is -1.55. The molecule has 1 aromatic heterocycles. The van der Waals surface area contributed by atoms with E-state index in [4.69, 9.17) is 26.6 Å². The summed E-state index contributed by atoms with van der Waals surface area (Å²) in [4.78, 5) is 0.551. The smallest absolute Gasteiger partial charge is 0.194 e. The quantitative estimate of drug-likeness (QED) is 0.292. The summed E-state index contributed by atoms with van der Waals surface area (Å²) in [6, 6.07) is 6.27. The maximum Gasteiger partial charge on any atom is 0.194 e. The average Bonchev–Trinajstić information content (AvgIpc) is 3.40. The SMILES string of the molecule is COCCO.Cc1ccc(SF)cc1Cl.OCC1OCCC(n2cc(-c3cc(F)c(F)c(F)c3)nn2)C1O. The van der Waals surface area contributed by atoms with Gasteiger partial charge in [0.2, 0.25) is 0 Å². The van der Waals surface area contributed by atoms with Gasteiger partial charge in [0.25, 0.3) is 0 Å². The summed E-state index contributed by atoms with van der Waals surface area (Å²) >= 11 is 5.92. The number of methoxy groups -OCH3 is 1. The number of aliphatic hydroxyl groups excluding tert-OH is 3. The Morgan fingerprint density at radius 2 is 1.87 bits per heavy atom. The molecule has 0 bridgehead atoms. The van der Waals surface area contributed by atoms with Crippen LogP contribution in [-0.4, -0.2) is 76.1 Å². The van der Waals surface area contributed by atoms with Gasteiger partial charge in [0.1, 0.15) is 17.9 Å². The lowest BCUT2D eigenvalue weighted by atomic mass is 10.0. The summed E-state index contributed by atoms with van der Waals surface area (Å²) in [5.41, 5.74) is 1.15. The van der Waals surface area contributed by atoms with E-state index in [9.17, 15) is 22.2 Å². The highest BCUT2D eigenvalue weighted by Gasteiger charge is 2.34. The molecule has 1 aliphatic rings. The molecule has 14 heteroatoms. The number of nitrogens with zero attached hydrogens (tertiary/aromatic N) is 3. The molecule has 2 heterocycles. The Morgan fingerprint density at radius 1 is 1.18 bits per heavy atom. The monoisotopic (exact) mass is 581 g/mol. The molecule has 38 heavy (non-hydrogen) atoms. The van der Waals surface area contributed by atoms with Crippen LogP contribution in [0.3, 0.4) is 0 Å². The molecule has 1 saturated heterocycles. The number of ether oxygens (including phenoxy) is 2. The molecule has 3 aromatic rings. The molecule has 8 nitrogen and oxygen atoms in total. The van der Waals surface area contributed by atoms with E-state index in [1.54, 1.807) is 25.3 Å². The first kappa shape index (κ1) is 32.0. The lowest BCUT2D eigenvalue weighted by Gasteiger charge is -2.33. The van der Waals surface area contributed by atoms with Gasteiger partial charge in [-0.25, -0.2) is 17.9 Å². The predicted octanol–water partition coefficient (Wildman–Crippen LogP) is 4.30. The van der Waals surface area contributed by atoms with E-state index in [2.05, 4.69) is 15.0 Å². The van der Waals surface area contributed by atoms with Gasteiger partial charge in [0.15, 0.2) is 17.5 Å². The van der Waals surface area contributed by atoms with Crippen molar-refractivity contribution < 1.29 is 41.9 Å². The molecule has 0 amide bonds. The zero-order valence-electron chi connectivity index (χ0n) is 20.5. The van der Waals surface area contributed by atoms with Crippen LogP contribution >= 0.6 is 23.7 Å². The molecule has 0 radical (unpaired) electrons. The van der Waals surface area contributed by atoms with Crippen molar-refractivity contribution in [1.82, 2.24) is 15.0 Å². The highest BCUT2D eigenvalue weighted by atomic mass is 35.5. The molecule has 0 spiro atoms. The minimum absolute atomic E-state index is 0.0351. The number of benzene rings is 2. The fraction of sp³-hybridized carbons (Fsp3) is 0.417. The van der Waals surface area contributed by atoms with Gasteiger partial charge in [-0.05, 0) is 43.2 Å². The topological polar surface area (TPSA) is 110 Å². The van der Waals surface area contributed by atoms with E-state index >= 15 is 0 Å². The van der Waals surface area contributed by atoms with Crippen molar-refractivity contribution in [3.63, 3.8) is 0 Å². The maximum atomic E-state index is 13.3. The van der Waals surface area contributed by atoms with E-state index in [0.717, 1.165) is 17.7 Å². The number of halogens is 5. The fourth-order valence-corrected chi connectivity index (χ4v) is 3.82. The highest BCUT2D eigenvalue weighted by Crippen LogP contribution is 2.28. The molecule has 1 aliphatic heterocycles. The largest absolute Gasteiger partial charge is 0.394 e. The van der Waals surface area contributed by atoms with E-state index in [0.29, 0.717) is 29.6 Å². The molecule has 2 aromatic carbocycles. The zero-order chi connectivity index (χ0) is 28.2. The van der Waals surface area contributed by atoms with Crippen LogP contribution in [0.2, 0.25) is 5.02 Å². The number of hydrogen-bond donors (Lipinski definition) is 3. The second kappa shape index (κ2) is 16.0. The Labute approximate surface area is 226 Å². The Kier molecular flexibility index (Phi) is 13.4. The van der Waals surface area contributed by atoms with Crippen molar-refractivity contribution in [3.8, 4) is 11.3 Å². The second-order valence-corrected chi connectivity index (χ2v) is 9.01. The molecule has 1 fully saturated rings. The van der Waals surface area contributed by atoms with Crippen LogP contribution in [0, 0.1) is 24.4 Å². The summed E-state index contributed by atoms with van der Waals surface area (Å²) in [6.07, 6.45) is 0.110. The van der Waals surface area contributed by atoms with E-state index in [1.165, 1.54) is 10.9 Å². The molecule has 210 valence electrons. The molecule has 0 saturated carbocycles. The lowest BCUT2D eigenvalue weighted by molar-refractivity contribution is -0.120. The van der Waals surface area contributed by atoms with Crippen LogP contribution in [-0.2, 0) is 9.47 Å². The molecule has 3 unspecified atom stereocenters. The van der Waals surface area contributed by atoms with Crippen molar-refractivity contribution in [1.29, 1.82) is 0 Å². The Balaban J connectivity index is 0.000000279. The van der Waals surface area contributed by atoms with Crippen LogP contribution in [0.1, 0.15) is 18.0 Å². The van der Waals surface area contributed by atoms with E-state index in [-0.39, 0.29) is 36.6 Å². The van der Waals surface area contributed by atoms with Gasteiger partial charge in [-0.2, -0.15) is 3.89 Å². The number of aryl methyl sites for hydroxylation is 1. The number of rotatable bonds is 6. The van der Waals surface area contributed by atoms with Gasteiger partial charge in [-0.1, -0.05) is 22.9 Å². The number of aliphatic hydroxyl groups is 3. The van der Waals surface area contributed by atoms with Crippen LogP contribution < -0.4 is 0 Å². The molecule has 3 atom stereocenters. The lowest BCUT2D eigenvalue weighted by Crippen LogP contribution is -2.44. The Bertz CT molecular complexity index is 1130. The van der Waals surface area contributed by atoms with Crippen LogP contribution in [0.25, 0.3) is 11.3 Å². The number of hydrogen-bond acceptors (Lipinski definition) is 8. The predicted molar refractivity (Wildman–Crippen MR) is 134 cm³/mol. The van der Waals surface area contributed by atoms with E-state index < -0.39 is 35.7 Å². The third-order valence-electron chi connectivity index (χ3n) is 5.36. The van der Waals surface area contributed by atoms with Gasteiger partial charge in [0.05, 0.1) is 44.2 Å². The van der Waals surface area contributed by atoms with Gasteiger partial charge < -0.3 is 24.8 Å². The van der Waals surface area contributed by atoms with Gasteiger partial charge >= 0.3 is 0 Å². The first-order valence-corrected chi connectivity index (χ1v) is 12.4. The summed E-state index contributed by atoms with van der Waals surface area (Å²) < 4.78 is 62.5. The molecule has 4 rings (SSSR count). The summed E-state index contributed by atoms with van der Waals surface area (Å²) in [5, 5.41) is 35.5. The van der Waals surface area contributed by atoms with Gasteiger partial charge in [0, 0.05) is 29.2 Å². The molecule has 3 N–H and O–H groups in total. The van der Waals surface area contributed by atoms with Crippen LogP contribution in [0.5, 0.6) is 0 Å². The summed E-state index contributed by atoms with van der Waals surface area (Å²) in [6.45, 7) is 2.43. The van der Waals surface area contributed by atoms with E-state index in [1.807, 2.05) is 6.92 Å². The van der Waals surface area contributed by atoms with Crippen molar-refractivity contribution in [2.75, 3.05) is 33.5 Å². The second-order valence-electron chi connectivity index (χ2n) is 7.98. The van der Waals surface area contributed by atoms with Crippen LogP contribution in [0.4, 0.5) is 17.1 Å². The standard InChI is InChI=1S/C14H14F3N3O3.C7H6ClFS.C3H8O2/c15-8-3-7(4-9(16)13(8)17)10-5-20(19-18-10)11-1-2-23-12(6-21)14(11)22;1-5-2-3-6(10-9)4-7(5)8;1-5-3-2-4/h3-5,11-12,14,21-22H,1-2,6H2;2-4H,1H3;4H,2-3H2,1H3. The third kappa shape index (κ3) is 8.90. The first-order chi connectivity index (χ1) is 18.2. The van der Waals surface area contributed by atoms with Crippen molar-refractivity contribution >= 4 is 23.7 Å². The van der Waals surface area contributed by atoms with Crippen molar-refractivity contribution in [3.05, 3.63) is 64.6 Å². The Hall–Kier alpha value is -2.26. The van der Waals surface area contributed by atoms with Gasteiger partial charge in [-0.15, -0.1) is 5.10 Å². The van der Waals surface area contributed by atoms with Crippen LogP contribution in [0.15, 0.2) is 41.4 Å². The average molecular weight is 582 g/mol. The highest BCUT2D eigenvalue weighted by molar-refractivity contribution is 7.94. The van der Waals surface area contributed by atoms with Crippen molar-refractivity contribution in [2.24, 2.45) is 0 Å². The van der Waals surface area contributed by atoms with Gasteiger partial charge in [-0.3, -0.25) is 0 Å². The molecular formula is C24H28ClF4N3O5S. The maximum absolute atomic E-state index is 13.3. The van der Waals surface area contributed by atoms with Crippen molar-refractivity contribution in [2.45, 2.75) is 36.5 Å².